The second-order valence-corrected chi connectivity index (χ2v) is 6.70. The molecule has 4 rings (SSSR count). The summed E-state index contributed by atoms with van der Waals surface area (Å²) < 4.78 is 11.5. The van der Waals surface area contributed by atoms with E-state index in [1.165, 1.54) is 0 Å². The van der Waals surface area contributed by atoms with Gasteiger partial charge in [0, 0.05) is 16.8 Å². The van der Waals surface area contributed by atoms with E-state index >= 15 is 0 Å². The van der Waals surface area contributed by atoms with Crippen LogP contribution >= 0.6 is 15.9 Å². The molecule has 27 heavy (non-hydrogen) atoms. The van der Waals surface area contributed by atoms with Gasteiger partial charge >= 0.3 is 0 Å². The Balaban J connectivity index is 1.49. The Kier molecular flexibility index (Phi) is 4.60. The van der Waals surface area contributed by atoms with Crippen LogP contribution in [0.15, 0.2) is 74.2 Å². The SMILES string of the molecule is Cc1ccc(-c2nnc(-c3ccc(NC(=O)c4ccc(Br)o4)cc3)o2)cc1. The molecule has 0 unspecified atom stereocenters. The lowest BCUT2D eigenvalue weighted by molar-refractivity contribution is 0.0995. The number of carbonyl (C=O) groups is 1. The summed E-state index contributed by atoms with van der Waals surface area (Å²) in [4.78, 5) is 12.1. The molecule has 2 heterocycles. The Labute approximate surface area is 163 Å². The highest BCUT2D eigenvalue weighted by molar-refractivity contribution is 9.10. The Bertz CT molecular complexity index is 1080. The quantitative estimate of drug-likeness (QED) is 0.480. The lowest BCUT2D eigenvalue weighted by Gasteiger charge is -2.03. The number of aromatic nitrogens is 2. The summed E-state index contributed by atoms with van der Waals surface area (Å²) in [5.74, 6) is 0.780. The molecule has 0 atom stereocenters. The lowest BCUT2D eigenvalue weighted by Crippen LogP contribution is -2.10. The van der Waals surface area contributed by atoms with Crippen LogP contribution in [0.2, 0.25) is 0 Å². The molecular weight excluding hydrogens is 410 g/mol. The molecule has 0 radical (unpaired) electrons. The third-order valence-corrected chi connectivity index (χ3v) is 4.34. The molecule has 6 nitrogen and oxygen atoms in total. The molecular formula is C20H14BrN3O3. The van der Waals surface area contributed by atoms with Crippen molar-refractivity contribution in [2.75, 3.05) is 5.32 Å². The Morgan fingerprint density at radius 3 is 2.00 bits per heavy atom. The molecule has 2 aromatic heterocycles. The summed E-state index contributed by atoms with van der Waals surface area (Å²) in [7, 11) is 0. The van der Waals surface area contributed by atoms with E-state index in [0.29, 0.717) is 22.1 Å². The van der Waals surface area contributed by atoms with Gasteiger partial charge in [-0.2, -0.15) is 0 Å². The van der Waals surface area contributed by atoms with Crippen LogP contribution in [0.1, 0.15) is 16.1 Å². The predicted octanol–water partition coefficient (Wildman–Crippen LogP) is 5.32. The van der Waals surface area contributed by atoms with Gasteiger partial charge in [-0.25, -0.2) is 0 Å². The van der Waals surface area contributed by atoms with E-state index in [4.69, 9.17) is 8.83 Å². The number of amides is 1. The number of nitrogens with zero attached hydrogens (tertiary/aromatic N) is 2. The average Bonchev–Trinajstić information content (AvgIpc) is 3.32. The van der Waals surface area contributed by atoms with Crippen molar-refractivity contribution in [3.63, 3.8) is 0 Å². The number of benzene rings is 2. The fourth-order valence-electron chi connectivity index (χ4n) is 2.48. The van der Waals surface area contributed by atoms with E-state index in [-0.39, 0.29) is 11.7 Å². The lowest BCUT2D eigenvalue weighted by atomic mass is 10.1. The molecule has 0 aliphatic heterocycles. The van der Waals surface area contributed by atoms with E-state index in [2.05, 4.69) is 31.4 Å². The van der Waals surface area contributed by atoms with Crippen LogP contribution in [0.5, 0.6) is 0 Å². The van der Waals surface area contributed by atoms with Gasteiger partial charge in [0.05, 0.1) is 0 Å². The first-order valence-electron chi connectivity index (χ1n) is 8.16. The maximum absolute atomic E-state index is 12.1. The van der Waals surface area contributed by atoms with E-state index in [9.17, 15) is 4.79 Å². The summed E-state index contributed by atoms with van der Waals surface area (Å²) in [5, 5.41) is 11.0. The number of anilines is 1. The maximum Gasteiger partial charge on any atom is 0.291 e. The molecule has 2 aromatic carbocycles. The normalized spacial score (nSPS) is 10.7. The van der Waals surface area contributed by atoms with Crippen molar-refractivity contribution in [2.45, 2.75) is 6.92 Å². The van der Waals surface area contributed by atoms with Gasteiger partial charge in [0.25, 0.3) is 5.91 Å². The van der Waals surface area contributed by atoms with Gasteiger partial charge in [-0.15, -0.1) is 10.2 Å². The van der Waals surface area contributed by atoms with Crippen molar-refractivity contribution in [3.8, 4) is 22.9 Å². The van der Waals surface area contributed by atoms with Crippen molar-refractivity contribution in [3.05, 3.63) is 76.7 Å². The van der Waals surface area contributed by atoms with Gasteiger partial charge in [0.15, 0.2) is 10.4 Å². The molecule has 0 saturated carbocycles. The topological polar surface area (TPSA) is 81.2 Å². The maximum atomic E-state index is 12.1. The zero-order chi connectivity index (χ0) is 18.8. The minimum absolute atomic E-state index is 0.227. The van der Waals surface area contributed by atoms with E-state index in [1.807, 2.05) is 31.2 Å². The monoisotopic (exact) mass is 423 g/mol. The zero-order valence-corrected chi connectivity index (χ0v) is 15.9. The fraction of sp³-hybridized carbons (Fsp3) is 0.0500. The second-order valence-electron chi connectivity index (χ2n) is 5.91. The van der Waals surface area contributed by atoms with Crippen molar-refractivity contribution in [2.24, 2.45) is 0 Å². The van der Waals surface area contributed by atoms with Crippen LogP contribution in [0, 0.1) is 6.92 Å². The van der Waals surface area contributed by atoms with Crippen LogP contribution in [0.3, 0.4) is 0 Å². The van der Waals surface area contributed by atoms with Crippen LogP contribution in [-0.2, 0) is 0 Å². The van der Waals surface area contributed by atoms with Crippen molar-refractivity contribution in [1.82, 2.24) is 10.2 Å². The summed E-state index contributed by atoms with van der Waals surface area (Å²) in [5.41, 5.74) is 3.43. The number of hydrogen-bond acceptors (Lipinski definition) is 5. The van der Waals surface area contributed by atoms with Crippen LogP contribution < -0.4 is 5.32 Å². The first kappa shape index (κ1) is 17.2. The van der Waals surface area contributed by atoms with Crippen molar-refractivity contribution >= 4 is 27.5 Å². The second kappa shape index (κ2) is 7.20. The molecule has 7 heteroatoms. The summed E-state index contributed by atoms with van der Waals surface area (Å²) >= 11 is 3.17. The molecule has 0 aliphatic rings. The number of rotatable bonds is 4. The molecule has 4 aromatic rings. The first-order valence-corrected chi connectivity index (χ1v) is 8.95. The molecule has 1 N–H and O–H groups in total. The molecule has 0 aliphatic carbocycles. The van der Waals surface area contributed by atoms with Crippen LogP contribution in [-0.4, -0.2) is 16.1 Å². The number of aryl methyl sites for hydroxylation is 1. The van der Waals surface area contributed by atoms with Gasteiger partial charge in [0.1, 0.15) is 0 Å². The highest BCUT2D eigenvalue weighted by Gasteiger charge is 2.13. The first-order chi connectivity index (χ1) is 13.1. The Hall–Kier alpha value is -3.19. The number of hydrogen-bond donors (Lipinski definition) is 1. The summed E-state index contributed by atoms with van der Waals surface area (Å²) in [6.45, 7) is 2.02. The zero-order valence-electron chi connectivity index (χ0n) is 14.3. The van der Waals surface area contributed by atoms with Gasteiger partial charge < -0.3 is 14.2 Å². The predicted molar refractivity (Wildman–Crippen MR) is 104 cm³/mol. The van der Waals surface area contributed by atoms with Crippen LogP contribution in [0.4, 0.5) is 5.69 Å². The number of halogens is 1. The van der Waals surface area contributed by atoms with Gasteiger partial charge in [-0.3, -0.25) is 4.79 Å². The van der Waals surface area contributed by atoms with Crippen LogP contribution in [0.25, 0.3) is 22.9 Å². The standard InChI is InChI=1S/C20H14BrN3O3/c1-12-2-4-13(5-3-12)19-23-24-20(27-19)14-6-8-15(9-7-14)22-18(25)16-10-11-17(21)26-16/h2-11H,1H3,(H,22,25). The smallest absolute Gasteiger partial charge is 0.291 e. The van der Waals surface area contributed by atoms with Gasteiger partial charge in [-0.1, -0.05) is 17.7 Å². The minimum Gasteiger partial charge on any atom is -0.444 e. The van der Waals surface area contributed by atoms with E-state index < -0.39 is 0 Å². The summed E-state index contributed by atoms with van der Waals surface area (Å²) in [6.07, 6.45) is 0. The van der Waals surface area contributed by atoms with Gasteiger partial charge in [-0.05, 0) is 71.4 Å². The molecule has 0 spiro atoms. The third kappa shape index (κ3) is 3.83. The molecule has 0 fully saturated rings. The minimum atomic E-state index is -0.326. The Morgan fingerprint density at radius 1 is 0.852 bits per heavy atom. The molecule has 134 valence electrons. The number of furan rings is 1. The molecule has 0 saturated heterocycles. The summed E-state index contributed by atoms with van der Waals surface area (Å²) in [6, 6.07) is 18.3. The number of nitrogens with one attached hydrogen (secondary N) is 1. The van der Waals surface area contributed by atoms with E-state index in [0.717, 1.165) is 16.7 Å². The molecule has 0 bridgehead atoms. The number of carbonyl (C=O) groups excluding carboxylic acids is 1. The van der Waals surface area contributed by atoms with Crippen molar-refractivity contribution < 1.29 is 13.6 Å². The molecule has 1 amide bonds. The van der Waals surface area contributed by atoms with Gasteiger partial charge in [0.2, 0.25) is 11.8 Å². The van der Waals surface area contributed by atoms with E-state index in [1.54, 1.807) is 36.4 Å². The largest absolute Gasteiger partial charge is 0.444 e. The third-order valence-electron chi connectivity index (χ3n) is 3.91. The average molecular weight is 424 g/mol. The fourth-order valence-corrected chi connectivity index (χ4v) is 2.78. The van der Waals surface area contributed by atoms with Crippen molar-refractivity contribution in [1.29, 1.82) is 0 Å². The highest BCUT2D eigenvalue weighted by Crippen LogP contribution is 2.25. The Morgan fingerprint density at radius 2 is 1.44 bits per heavy atom. The highest BCUT2D eigenvalue weighted by atomic mass is 79.9.